The molecule has 1 amide bonds. The molecule has 0 saturated carbocycles. The average Bonchev–Trinajstić information content (AvgIpc) is 2.29. The maximum atomic E-state index is 11.5. The van der Waals surface area contributed by atoms with Crippen LogP contribution in [0.3, 0.4) is 0 Å². The van der Waals surface area contributed by atoms with E-state index < -0.39 is 0 Å². The molecule has 2 unspecified atom stereocenters. The van der Waals surface area contributed by atoms with E-state index >= 15 is 0 Å². The predicted octanol–water partition coefficient (Wildman–Crippen LogP) is 1.06. The molecule has 1 heterocycles. The van der Waals surface area contributed by atoms with Crippen LogP contribution in [-0.2, 0) is 4.79 Å². The van der Waals surface area contributed by atoms with Gasteiger partial charge in [0.05, 0.1) is 6.04 Å². The molecule has 0 aliphatic carbocycles. The molecule has 0 aromatic carbocycles. The van der Waals surface area contributed by atoms with Crippen LogP contribution in [0.4, 0.5) is 0 Å². The number of amides is 1. The molecule has 0 spiro atoms. The molecule has 0 aromatic heterocycles. The number of piperidine rings is 1. The van der Waals surface area contributed by atoms with Crippen LogP contribution in [0.1, 0.15) is 39.0 Å². The van der Waals surface area contributed by atoms with E-state index in [0.29, 0.717) is 6.04 Å². The zero-order valence-electron chi connectivity index (χ0n) is 11.5. The third kappa shape index (κ3) is 4.28. The lowest BCUT2D eigenvalue weighted by Gasteiger charge is -2.39. The number of unbranched alkanes of at least 4 members (excludes halogenated alkanes) is 1. The molecule has 0 radical (unpaired) electrons. The Kier molecular flexibility index (Phi) is 5.92. The summed E-state index contributed by atoms with van der Waals surface area (Å²) < 4.78 is 0. The van der Waals surface area contributed by atoms with Gasteiger partial charge in [-0.05, 0) is 39.9 Å². The van der Waals surface area contributed by atoms with Crippen LogP contribution in [0, 0.1) is 0 Å². The predicted molar refractivity (Wildman–Crippen MR) is 70.8 cm³/mol. The SMILES string of the molecule is CCCCC(C(N)=O)N1CCCC(N(C)C)C1. The Morgan fingerprint density at radius 1 is 1.53 bits per heavy atom. The lowest BCUT2D eigenvalue weighted by molar-refractivity contribution is -0.124. The lowest BCUT2D eigenvalue weighted by Crippen LogP contribution is -2.53. The molecule has 0 aromatic rings. The van der Waals surface area contributed by atoms with E-state index in [-0.39, 0.29) is 11.9 Å². The molecular weight excluding hydrogens is 214 g/mol. The number of carbonyl (C=O) groups is 1. The summed E-state index contributed by atoms with van der Waals surface area (Å²) in [5, 5.41) is 0. The van der Waals surface area contributed by atoms with Gasteiger partial charge in [-0.1, -0.05) is 19.8 Å². The van der Waals surface area contributed by atoms with Crippen molar-refractivity contribution in [1.29, 1.82) is 0 Å². The Hall–Kier alpha value is -0.610. The Morgan fingerprint density at radius 3 is 2.76 bits per heavy atom. The van der Waals surface area contributed by atoms with Crippen LogP contribution in [0.2, 0.25) is 0 Å². The normalized spacial score (nSPS) is 23.9. The highest BCUT2D eigenvalue weighted by atomic mass is 16.1. The summed E-state index contributed by atoms with van der Waals surface area (Å²) in [4.78, 5) is 16.1. The summed E-state index contributed by atoms with van der Waals surface area (Å²) in [6.45, 7) is 4.14. The van der Waals surface area contributed by atoms with Crippen LogP contribution in [0.5, 0.6) is 0 Å². The number of likely N-dealkylation sites (N-methyl/N-ethyl adjacent to an activating group) is 1. The van der Waals surface area contributed by atoms with Crippen molar-refractivity contribution in [3.8, 4) is 0 Å². The highest BCUT2D eigenvalue weighted by Gasteiger charge is 2.29. The van der Waals surface area contributed by atoms with Crippen LogP contribution in [-0.4, -0.2) is 55.0 Å². The van der Waals surface area contributed by atoms with Gasteiger partial charge in [0, 0.05) is 12.6 Å². The minimum Gasteiger partial charge on any atom is -0.368 e. The number of hydrogen-bond acceptors (Lipinski definition) is 3. The zero-order chi connectivity index (χ0) is 12.8. The molecule has 1 rings (SSSR count). The second-order valence-corrected chi connectivity index (χ2v) is 5.31. The van der Waals surface area contributed by atoms with E-state index in [0.717, 1.165) is 32.4 Å². The maximum absolute atomic E-state index is 11.5. The molecular formula is C13H27N3O. The molecule has 1 saturated heterocycles. The van der Waals surface area contributed by atoms with Gasteiger partial charge in [0.1, 0.15) is 0 Å². The summed E-state index contributed by atoms with van der Waals surface area (Å²) in [5.41, 5.74) is 5.54. The largest absolute Gasteiger partial charge is 0.368 e. The Labute approximate surface area is 105 Å². The second-order valence-electron chi connectivity index (χ2n) is 5.31. The van der Waals surface area contributed by atoms with Gasteiger partial charge in [-0.2, -0.15) is 0 Å². The maximum Gasteiger partial charge on any atom is 0.234 e. The van der Waals surface area contributed by atoms with Crippen molar-refractivity contribution in [2.75, 3.05) is 27.2 Å². The van der Waals surface area contributed by atoms with Gasteiger partial charge < -0.3 is 10.6 Å². The molecule has 4 heteroatoms. The fourth-order valence-corrected chi connectivity index (χ4v) is 2.59. The number of likely N-dealkylation sites (tertiary alicyclic amines) is 1. The highest BCUT2D eigenvalue weighted by Crippen LogP contribution is 2.18. The first-order valence-electron chi connectivity index (χ1n) is 6.76. The van der Waals surface area contributed by atoms with Gasteiger partial charge in [0.2, 0.25) is 5.91 Å². The van der Waals surface area contributed by atoms with E-state index in [2.05, 4.69) is 30.8 Å². The van der Waals surface area contributed by atoms with Crippen LogP contribution >= 0.6 is 0 Å². The molecule has 17 heavy (non-hydrogen) atoms. The smallest absolute Gasteiger partial charge is 0.234 e. The molecule has 4 nitrogen and oxygen atoms in total. The number of rotatable bonds is 6. The number of carbonyl (C=O) groups excluding carboxylic acids is 1. The van der Waals surface area contributed by atoms with Crippen LogP contribution in [0.15, 0.2) is 0 Å². The first-order valence-corrected chi connectivity index (χ1v) is 6.76. The van der Waals surface area contributed by atoms with E-state index in [9.17, 15) is 4.79 Å². The van der Waals surface area contributed by atoms with Crippen molar-refractivity contribution in [2.24, 2.45) is 5.73 Å². The number of nitrogens with zero attached hydrogens (tertiary/aromatic N) is 2. The monoisotopic (exact) mass is 241 g/mol. The van der Waals surface area contributed by atoms with Crippen LogP contribution < -0.4 is 5.73 Å². The van der Waals surface area contributed by atoms with Crippen molar-refractivity contribution in [3.05, 3.63) is 0 Å². The van der Waals surface area contributed by atoms with Crippen molar-refractivity contribution < 1.29 is 4.79 Å². The topological polar surface area (TPSA) is 49.6 Å². The Morgan fingerprint density at radius 2 is 2.24 bits per heavy atom. The minimum absolute atomic E-state index is 0.0577. The highest BCUT2D eigenvalue weighted by molar-refractivity contribution is 5.79. The molecule has 1 aliphatic heterocycles. The Balaban J connectivity index is 2.57. The van der Waals surface area contributed by atoms with Crippen molar-refractivity contribution >= 4 is 5.91 Å². The van der Waals surface area contributed by atoms with Gasteiger partial charge in [-0.25, -0.2) is 0 Å². The summed E-state index contributed by atoms with van der Waals surface area (Å²) in [6.07, 6.45) is 5.50. The fourth-order valence-electron chi connectivity index (χ4n) is 2.59. The fraction of sp³-hybridized carbons (Fsp3) is 0.923. The first kappa shape index (κ1) is 14.5. The Bertz CT molecular complexity index is 243. The number of nitrogens with two attached hydrogens (primary N) is 1. The minimum atomic E-state index is -0.155. The van der Waals surface area contributed by atoms with Crippen LogP contribution in [0.25, 0.3) is 0 Å². The summed E-state index contributed by atoms with van der Waals surface area (Å²) >= 11 is 0. The molecule has 0 bridgehead atoms. The molecule has 1 fully saturated rings. The van der Waals surface area contributed by atoms with E-state index in [1.54, 1.807) is 0 Å². The second kappa shape index (κ2) is 6.97. The van der Waals surface area contributed by atoms with E-state index in [1.165, 1.54) is 12.8 Å². The molecule has 100 valence electrons. The van der Waals surface area contributed by atoms with Crippen molar-refractivity contribution in [1.82, 2.24) is 9.80 Å². The number of primary amides is 1. The quantitative estimate of drug-likeness (QED) is 0.756. The zero-order valence-corrected chi connectivity index (χ0v) is 11.5. The van der Waals surface area contributed by atoms with E-state index in [4.69, 9.17) is 5.73 Å². The summed E-state index contributed by atoms with van der Waals surface area (Å²) in [7, 11) is 4.22. The standard InChI is InChI=1S/C13H27N3O/c1-4-5-8-12(13(14)17)16-9-6-7-11(10-16)15(2)3/h11-12H,4-10H2,1-3H3,(H2,14,17). The van der Waals surface area contributed by atoms with Crippen molar-refractivity contribution in [2.45, 2.75) is 51.1 Å². The number of hydrogen-bond donors (Lipinski definition) is 1. The van der Waals surface area contributed by atoms with Gasteiger partial charge >= 0.3 is 0 Å². The summed E-state index contributed by atoms with van der Waals surface area (Å²) in [6, 6.07) is 0.505. The third-order valence-corrected chi connectivity index (χ3v) is 3.76. The average molecular weight is 241 g/mol. The summed E-state index contributed by atoms with van der Waals surface area (Å²) in [5.74, 6) is -0.155. The van der Waals surface area contributed by atoms with Gasteiger partial charge in [0.15, 0.2) is 0 Å². The van der Waals surface area contributed by atoms with Gasteiger partial charge in [0.25, 0.3) is 0 Å². The lowest BCUT2D eigenvalue weighted by atomic mass is 10.00. The first-order chi connectivity index (χ1) is 8.06. The van der Waals surface area contributed by atoms with Crippen molar-refractivity contribution in [3.63, 3.8) is 0 Å². The molecule has 2 N–H and O–H groups in total. The van der Waals surface area contributed by atoms with E-state index in [1.807, 2.05) is 0 Å². The van der Waals surface area contributed by atoms with Gasteiger partial charge in [-0.3, -0.25) is 9.69 Å². The third-order valence-electron chi connectivity index (χ3n) is 3.76. The van der Waals surface area contributed by atoms with Gasteiger partial charge in [-0.15, -0.1) is 0 Å². The molecule has 1 aliphatic rings. The molecule has 2 atom stereocenters.